The standard InChI is InChI=1S/C23H23BrN/c1-25(2,3)23(16-17-12-14-18(24)15-13-17)21-10-6-4-8-19(21)20-9-5-7-11-22(20)23/h4-15H,16H2,1-3H3/q+1. The Balaban J connectivity index is 2.00. The van der Waals surface area contributed by atoms with E-state index in [2.05, 4.69) is 110 Å². The zero-order valence-electron chi connectivity index (χ0n) is 15.0. The molecule has 0 spiro atoms. The SMILES string of the molecule is C[N+](C)(C)C1(Cc2ccc(Br)cc2)c2ccccc2-c2ccccc21. The molecule has 0 saturated carbocycles. The maximum Gasteiger partial charge on any atom is 0.155 e. The molecule has 4 rings (SSSR count). The smallest absolute Gasteiger partial charge is 0.155 e. The van der Waals surface area contributed by atoms with Crippen molar-refractivity contribution in [2.45, 2.75) is 12.0 Å². The van der Waals surface area contributed by atoms with Crippen molar-refractivity contribution in [2.75, 3.05) is 21.1 Å². The van der Waals surface area contributed by atoms with Gasteiger partial charge in [0.2, 0.25) is 0 Å². The summed E-state index contributed by atoms with van der Waals surface area (Å²) in [4.78, 5) is 0. The van der Waals surface area contributed by atoms with Crippen molar-refractivity contribution in [3.63, 3.8) is 0 Å². The van der Waals surface area contributed by atoms with Crippen molar-refractivity contribution in [1.82, 2.24) is 0 Å². The molecule has 126 valence electrons. The van der Waals surface area contributed by atoms with E-state index in [0.29, 0.717) is 0 Å². The third-order valence-electron chi connectivity index (χ3n) is 5.55. The summed E-state index contributed by atoms with van der Waals surface area (Å²) < 4.78 is 1.99. The lowest BCUT2D eigenvalue weighted by atomic mass is 9.79. The first kappa shape index (κ1) is 16.6. The molecule has 25 heavy (non-hydrogen) atoms. The molecule has 0 bridgehead atoms. The highest BCUT2D eigenvalue weighted by Gasteiger charge is 2.52. The van der Waals surface area contributed by atoms with Gasteiger partial charge in [-0.1, -0.05) is 76.6 Å². The molecule has 0 atom stereocenters. The van der Waals surface area contributed by atoms with Gasteiger partial charge < -0.3 is 4.48 Å². The Morgan fingerprint density at radius 3 is 1.68 bits per heavy atom. The van der Waals surface area contributed by atoms with Crippen LogP contribution in [0.5, 0.6) is 0 Å². The van der Waals surface area contributed by atoms with Gasteiger partial charge in [0.05, 0.1) is 21.1 Å². The molecular formula is C23H23BrN+. The quantitative estimate of drug-likeness (QED) is 0.507. The van der Waals surface area contributed by atoms with Gasteiger partial charge in [-0.15, -0.1) is 0 Å². The van der Waals surface area contributed by atoms with E-state index < -0.39 is 0 Å². The minimum atomic E-state index is -0.0823. The molecule has 0 radical (unpaired) electrons. The lowest BCUT2D eigenvalue weighted by Gasteiger charge is -2.45. The first-order chi connectivity index (χ1) is 11.9. The average Bonchev–Trinajstić information content (AvgIpc) is 2.89. The third-order valence-corrected chi connectivity index (χ3v) is 6.08. The number of likely N-dealkylation sites (N-methyl/N-ethyl adjacent to an activating group) is 1. The zero-order chi connectivity index (χ0) is 17.7. The lowest BCUT2D eigenvalue weighted by Crippen LogP contribution is -2.55. The second-order valence-electron chi connectivity index (χ2n) is 7.77. The molecule has 0 heterocycles. The van der Waals surface area contributed by atoms with Crippen molar-refractivity contribution >= 4 is 15.9 Å². The highest BCUT2D eigenvalue weighted by Crippen LogP contribution is 2.53. The van der Waals surface area contributed by atoms with Crippen LogP contribution in [-0.2, 0) is 12.0 Å². The normalized spacial score (nSPS) is 14.9. The zero-order valence-corrected chi connectivity index (χ0v) is 16.5. The molecule has 2 heteroatoms. The first-order valence-electron chi connectivity index (χ1n) is 8.69. The molecule has 3 aromatic carbocycles. The Morgan fingerprint density at radius 1 is 0.720 bits per heavy atom. The largest absolute Gasteiger partial charge is 0.318 e. The number of rotatable bonds is 3. The Kier molecular flexibility index (Phi) is 3.86. The van der Waals surface area contributed by atoms with Crippen LogP contribution in [0.3, 0.4) is 0 Å². The number of benzene rings is 3. The molecule has 0 N–H and O–H groups in total. The van der Waals surface area contributed by atoms with Crippen molar-refractivity contribution in [3.8, 4) is 11.1 Å². The predicted molar refractivity (Wildman–Crippen MR) is 109 cm³/mol. The second kappa shape index (κ2) is 5.82. The summed E-state index contributed by atoms with van der Waals surface area (Å²) in [7, 11) is 6.95. The van der Waals surface area contributed by atoms with Gasteiger partial charge in [-0.25, -0.2) is 0 Å². The number of hydrogen-bond acceptors (Lipinski definition) is 0. The van der Waals surface area contributed by atoms with Crippen LogP contribution in [0.2, 0.25) is 0 Å². The minimum absolute atomic E-state index is 0.0823. The monoisotopic (exact) mass is 392 g/mol. The van der Waals surface area contributed by atoms with Crippen molar-refractivity contribution in [3.05, 3.63) is 94.0 Å². The van der Waals surface area contributed by atoms with Crippen LogP contribution in [0.4, 0.5) is 0 Å². The van der Waals surface area contributed by atoms with E-state index in [-0.39, 0.29) is 5.54 Å². The molecule has 3 aromatic rings. The van der Waals surface area contributed by atoms with Crippen LogP contribution < -0.4 is 0 Å². The van der Waals surface area contributed by atoms with E-state index in [1.807, 2.05) is 0 Å². The molecule has 0 saturated heterocycles. The van der Waals surface area contributed by atoms with Crippen LogP contribution in [0.1, 0.15) is 16.7 Å². The summed E-state index contributed by atoms with van der Waals surface area (Å²) in [6, 6.07) is 26.6. The minimum Gasteiger partial charge on any atom is -0.318 e. The van der Waals surface area contributed by atoms with Crippen LogP contribution in [0.15, 0.2) is 77.3 Å². The van der Waals surface area contributed by atoms with Gasteiger partial charge in [0, 0.05) is 22.0 Å². The van der Waals surface area contributed by atoms with E-state index in [4.69, 9.17) is 0 Å². The summed E-state index contributed by atoms with van der Waals surface area (Å²) in [5.74, 6) is 0. The number of nitrogens with zero attached hydrogens (tertiary/aromatic N) is 1. The second-order valence-corrected chi connectivity index (χ2v) is 8.68. The number of hydrogen-bond donors (Lipinski definition) is 0. The third kappa shape index (κ3) is 2.47. The maximum atomic E-state index is 3.56. The van der Waals surface area contributed by atoms with E-state index in [1.54, 1.807) is 0 Å². The van der Waals surface area contributed by atoms with E-state index in [0.717, 1.165) is 15.4 Å². The molecule has 0 fully saturated rings. The first-order valence-corrected chi connectivity index (χ1v) is 9.48. The molecular weight excluding hydrogens is 370 g/mol. The van der Waals surface area contributed by atoms with Crippen molar-refractivity contribution in [2.24, 2.45) is 0 Å². The highest BCUT2D eigenvalue weighted by atomic mass is 79.9. The highest BCUT2D eigenvalue weighted by molar-refractivity contribution is 9.10. The maximum absolute atomic E-state index is 3.56. The molecule has 0 unspecified atom stereocenters. The molecule has 1 aliphatic carbocycles. The van der Waals surface area contributed by atoms with Crippen molar-refractivity contribution in [1.29, 1.82) is 0 Å². The van der Waals surface area contributed by atoms with Crippen LogP contribution in [0.25, 0.3) is 11.1 Å². The fraction of sp³-hybridized carbons (Fsp3) is 0.217. The van der Waals surface area contributed by atoms with E-state index in [1.165, 1.54) is 27.8 Å². The molecule has 1 nitrogen and oxygen atoms in total. The summed E-state index contributed by atoms with van der Waals surface area (Å²) in [5, 5.41) is 0. The molecule has 0 aromatic heterocycles. The van der Waals surface area contributed by atoms with Gasteiger partial charge in [0.1, 0.15) is 0 Å². The summed E-state index contributed by atoms with van der Waals surface area (Å²) >= 11 is 3.56. The van der Waals surface area contributed by atoms with Gasteiger partial charge in [0.25, 0.3) is 0 Å². The fourth-order valence-corrected chi connectivity index (χ4v) is 4.61. The van der Waals surface area contributed by atoms with Gasteiger partial charge >= 0.3 is 0 Å². The summed E-state index contributed by atoms with van der Waals surface area (Å²) in [5.41, 5.74) is 6.91. The number of fused-ring (bicyclic) bond motifs is 3. The Morgan fingerprint density at radius 2 is 1.20 bits per heavy atom. The number of quaternary nitrogens is 1. The molecule has 0 aliphatic heterocycles. The Bertz CT molecular complexity index is 874. The van der Waals surface area contributed by atoms with E-state index >= 15 is 0 Å². The average molecular weight is 393 g/mol. The van der Waals surface area contributed by atoms with Gasteiger partial charge in [-0.05, 0) is 28.8 Å². The van der Waals surface area contributed by atoms with Gasteiger partial charge in [0.15, 0.2) is 5.54 Å². The lowest BCUT2D eigenvalue weighted by molar-refractivity contribution is -0.924. The van der Waals surface area contributed by atoms with Crippen LogP contribution in [0, 0.1) is 0 Å². The molecule has 0 amide bonds. The van der Waals surface area contributed by atoms with Crippen molar-refractivity contribution < 1.29 is 4.48 Å². The van der Waals surface area contributed by atoms with Crippen LogP contribution >= 0.6 is 15.9 Å². The Hall–Kier alpha value is -1.90. The number of halogens is 1. The van der Waals surface area contributed by atoms with Gasteiger partial charge in [-0.3, -0.25) is 0 Å². The fourth-order valence-electron chi connectivity index (χ4n) is 4.35. The molecule has 1 aliphatic rings. The predicted octanol–water partition coefficient (Wildman–Crippen LogP) is 5.62. The summed E-state index contributed by atoms with van der Waals surface area (Å²) in [6.07, 6.45) is 0.984. The van der Waals surface area contributed by atoms with Crippen LogP contribution in [-0.4, -0.2) is 25.6 Å². The Labute approximate surface area is 158 Å². The van der Waals surface area contributed by atoms with E-state index in [9.17, 15) is 0 Å². The topological polar surface area (TPSA) is 0 Å². The summed E-state index contributed by atoms with van der Waals surface area (Å²) in [6.45, 7) is 0. The van der Waals surface area contributed by atoms with Gasteiger partial charge in [-0.2, -0.15) is 0 Å².